The number of benzene rings is 1. The van der Waals surface area contributed by atoms with E-state index in [1.54, 1.807) is 17.7 Å². The average Bonchev–Trinajstić information content (AvgIpc) is 3.44. The predicted octanol–water partition coefficient (Wildman–Crippen LogP) is 4.19. The number of piperidine rings is 1. The lowest BCUT2D eigenvalue weighted by atomic mass is 10.0. The molecule has 0 saturated carbocycles. The average molecular weight is 558 g/mol. The minimum atomic E-state index is -4.27. The van der Waals surface area contributed by atoms with Gasteiger partial charge in [0.05, 0.1) is 24.4 Å². The van der Waals surface area contributed by atoms with Gasteiger partial charge in [0.25, 0.3) is 0 Å². The van der Waals surface area contributed by atoms with Crippen molar-refractivity contribution in [1.82, 2.24) is 19.4 Å². The number of carbonyl (C=O) groups excluding carboxylic acids is 1. The summed E-state index contributed by atoms with van der Waals surface area (Å²) in [6.45, 7) is 2.13. The number of ether oxygens (including phenoxy) is 1. The van der Waals surface area contributed by atoms with Gasteiger partial charge in [-0.1, -0.05) is 6.07 Å². The second-order valence-corrected chi connectivity index (χ2v) is 10.6. The van der Waals surface area contributed by atoms with E-state index in [0.29, 0.717) is 39.5 Å². The van der Waals surface area contributed by atoms with Gasteiger partial charge < -0.3 is 20.4 Å². The van der Waals surface area contributed by atoms with Crippen molar-refractivity contribution in [3.05, 3.63) is 46.7 Å². The summed E-state index contributed by atoms with van der Waals surface area (Å²) in [5, 5.41) is 14.3. The number of hydrogen-bond acceptors (Lipinski definition) is 8. The molecule has 0 aliphatic carbocycles. The molecule has 1 fully saturated rings. The third-order valence-corrected chi connectivity index (χ3v) is 7.87. The number of methoxy groups -OCH3 is 1. The van der Waals surface area contributed by atoms with Gasteiger partial charge in [-0.3, -0.25) is 9.69 Å². The minimum Gasteiger partial charge on any atom is -0.496 e. The predicted molar refractivity (Wildman–Crippen MR) is 141 cm³/mol. The Bertz CT molecular complexity index is 1570. The van der Waals surface area contributed by atoms with Crippen molar-refractivity contribution >= 4 is 44.2 Å². The molecule has 1 aliphatic rings. The number of halogens is 3. The van der Waals surface area contributed by atoms with E-state index in [9.17, 15) is 23.2 Å². The van der Waals surface area contributed by atoms with Crippen LogP contribution in [0.25, 0.3) is 21.1 Å². The third-order valence-electron chi connectivity index (χ3n) is 6.83. The van der Waals surface area contributed by atoms with Crippen molar-refractivity contribution in [2.75, 3.05) is 25.5 Å². The lowest BCUT2D eigenvalue weighted by Crippen LogP contribution is -2.38. The zero-order chi connectivity index (χ0) is 27.7. The van der Waals surface area contributed by atoms with E-state index in [1.165, 1.54) is 12.4 Å². The Morgan fingerprint density at radius 3 is 2.69 bits per heavy atom. The van der Waals surface area contributed by atoms with Crippen LogP contribution in [0.15, 0.2) is 30.6 Å². The maximum absolute atomic E-state index is 12.9. The van der Waals surface area contributed by atoms with Crippen LogP contribution in [0, 0.1) is 11.3 Å². The fourth-order valence-corrected chi connectivity index (χ4v) is 6.14. The standard InChI is InChI=1S/C26H26F3N7O2S/c1-38-23-15(2-3-21-19(23)8-17(11-30)36(21)13-22(31)37)12-35-6-4-16(5-7-35)34-24-20-9-18(10-26(27,28)29)39-25(20)33-14-32-24/h2-3,8-9,14,16H,4-7,10,12-13H2,1H3,(H2,31,37)(H,32,33,34). The van der Waals surface area contributed by atoms with Crippen molar-refractivity contribution in [2.24, 2.45) is 5.73 Å². The van der Waals surface area contributed by atoms with Gasteiger partial charge in [-0.05, 0) is 31.0 Å². The summed E-state index contributed by atoms with van der Waals surface area (Å²) in [6, 6.07) is 9.29. The van der Waals surface area contributed by atoms with Crippen LogP contribution in [0.4, 0.5) is 19.0 Å². The van der Waals surface area contributed by atoms with Gasteiger partial charge in [-0.25, -0.2) is 9.97 Å². The molecule has 1 amide bonds. The highest BCUT2D eigenvalue weighted by Crippen LogP contribution is 2.35. The van der Waals surface area contributed by atoms with E-state index < -0.39 is 18.5 Å². The molecule has 39 heavy (non-hydrogen) atoms. The van der Waals surface area contributed by atoms with Gasteiger partial charge >= 0.3 is 6.18 Å². The van der Waals surface area contributed by atoms with Crippen LogP contribution in [0.1, 0.15) is 29.0 Å². The number of primary amides is 1. The quantitative estimate of drug-likeness (QED) is 0.333. The number of alkyl halides is 3. The summed E-state index contributed by atoms with van der Waals surface area (Å²) >= 11 is 1.04. The molecule has 0 radical (unpaired) electrons. The molecule has 204 valence electrons. The molecule has 0 atom stereocenters. The summed E-state index contributed by atoms with van der Waals surface area (Å²) in [5.74, 6) is 0.680. The maximum Gasteiger partial charge on any atom is 0.393 e. The van der Waals surface area contributed by atoms with E-state index in [-0.39, 0.29) is 17.5 Å². The Balaban J connectivity index is 1.27. The van der Waals surface area contributed by atoms with Crippen molar-refractivity contribution in [2.45, 2.75) is 44.6 Å². The van der Waals surface area contributed by atoms with Crippen LogP contribution < -0.4 is 15.8 Å². The Morgan fingerprint density at radius 2 is 2.03 bits per heavy atom. The molecule has 4 heterocycles. The number of thiophene rings is 1. The zero-order valence-electron chi connectivity index (χ0n) is 21.1. The Hall–Kier alpha value is -3.89. The number of likely N-dealkylation sites (tertiary alicyclic amines) is 1. The smallest absolute Gasteiger partial charge is 0.393 e. The summed E-state index contributed by atoms with van der Waals surface area (Å²) in [4.78, 5) is 23.0. The number of nitrogens with one attached hydrogen (secondary N) is 1. The number of nitrogens with two attached hydrogens (primary N) is 1. The molecule has 4 aromatic rings. The summed E-state index contributed by atoms with van der Waals surface area (Å²) in [6.07, 6.45) is -2.22. The Kier molecular flexibility index (Phi) is 7.33. The van der Waals surface area contributed by atoms with E-state index >= 15 is 0 Å². The summed E-state index contributed by atoms with van der Waals surface area (Å²) in [5.41, 5.74) is 7.38. The molecular weight excluding hydrogens is 531 g/mol. The molecule has 13 heteroatoms. The fraction of sp³-hybridized carbons (Fsp3) is 0.385. The Labute approximate surface area is 226 Å². The van der Waals surface area contributed by atoms with Crippen LogP contribution in [0.2, 0.25) is 0 Å². The maximum atomic E-state index is 12.9. The molecule has 1 saturated heterocycles. The monoisotopic (exact) mass is 557 g/mol. The largest absolute Gasteiger partial charge is 0.496 e. The molecule has 3 aromatic heterocycles. The van der Waals surface area contributed by atoms with E-state index in [1.807, 2.05) is 12.1 Å². The third kappa shape index (κ3) is 5.76. The number of aromatic nitrogens is 3. The van der Waals surface area contributed by atoms with Gasteiger partial charge in [0.1, 0.15) is 41.0 Å². The van der Waals surface area contributed by atoms with Crippen molar-refractivity contribution in [1.29, 1.82) is 5.26 Å². The first-order valence-corrected chi connectivity index (χ1v) is 13.1. The normalized spacial score (nSPS) is 15.1. The molecule has 5 rings (SSSR count). The van der Waals surface area contributed by atoms with Crippen LogP contribution in [-0.2, 0) is 24.3 Å². The number of amides is 1. The van der Waals surface area contributed by atoms with E-state index in [4.69, 9.17) is 10.5 Å². The molecule has 1 aliphatic heterocycles. The highest BCUT2D eigenvalue weighted by atomic mass is 32.1. The van der Waals surface area contributed by atoms with Crippen LogP contribution in [-0.4, -0.2) is 57.8 Å². The lowest BCUT2D eigenvalue weighted by molar-refractivity contribution is -0.126. The van der Waals surface area contributed by atoms with Crippen molar-refractivity contribution in [3.63, 3.8) is 0 Å². The first kappa shape index (κ1) is 26.7. The van der Waals surface area contributed by atoms with E-state index in [0.717, 1.165) is 48.2 Å². The molecular formula is C26H26F3N7O2S. The number of rotatable bonds is 8. The summed E-state index contributed by atoms with van der Waals surface area (Å²) in [7, 11) is 1.58. The van der Waals surface area contributed by atoms with E-state index in [2.05, 4.69) is 26.3 Å². The molecule has 1 aromatic carbocycles. The fourth-order valence-electron chi connectivity index (χ4n) is 5.11. The molecule has 0 bridgehead atoms. The van der Waals surface area contributed by atoms with Crippen molar-refractivity contribution in [3.8, 4) is 11.8 Å². The van der Waals surface area contributed by atoms with Crippen LogP contribution in [0.3, 0.4) is 0 Å². The highest BCUT2D eigenvalue weighted by Gasteiger charge is 2.29. The molecule has 0 spiro atoms. The number of nitriles is 1. The highest BCUT2D eigenvalue weighted by molar-refractivity contribution is 7.18. The van der Waals surface area contributed by atoms with Crippen LogP contribution in [0.5, 0.6) is 5.75 Å². The molecule has 9 nitrogen and oxygen atoms in total. The number of nitrogens with zero attached hydrogens (tertiary/aromatic N) is 5. The number of anilines is 1. The SMILES string of the molecule is COc1c(CN2CCC(Nc3ncnc4sc(CC(F)(F)F)cc34)CC2)ccc2c1cc(C#N)n2CC(N)=O. The van der Waals surface area contributed by atoms with Crippen molar-refractivity contribution < 1.29 is 22.7 Å². The zero-order valence-corrected chi connectivity index (χ0v) is 21.9. The number of fused-ring (bicyclic) bond motifs is 2. The minimum absolute atomic E-state index is 0.0942. The van der Waals surface area contributed by atoms with Crippen LogP contribution >= 0.6 is 11.3 Å². The van der Waals surface area contributed by atoms with Gasteiger partial charge in [0.15, 0.2) is 0 Å². The Morgan fingerprint density at radius 1 is 1.26 bits per heavy atom. The molecule has 3 N–H and O–H groups in total. The summed E-state index contributed by atoms with van der Waals surface area (Å²) < 4.78 is 45.9. The number of carbonyl (C=O) groups is 1. The number of hydrogen-bond donors (Lipinski definition) is 2. The lowest BCUT2D eigenvalue weighted by Gasteiger charge is -2.33. The first-order chi connectivity index (χ1) is 18.6. The molecule has 0 unspecified atom stereocenters. The van der Waals surface area contributed by atoms with Gasteiger partial charge in [-0.2, -0.15) is 18.4 Å². The first-order valence-electron chi connectivity index (χ1n) is 12.3. The second-order valence-electron chi connectivity index (χ2n) is 9.53. The van der Waals surface area contributed by atoms with Gasteiger partial charge in [0.2, 0.25) is 5.91 Å². The van der Waals surface area contributed by atoms with Gasteiger partial charge in [0, 0.05) is 41.5 Å². The topological polar surface area (TPSA) is 122 Å². The second kappa shape index (κ2) is 10.7. The van der Waals surface area contributed by atoms with Gasteiger partial charge in [-0.15, -0.1) is 11.3 Å².